The lowest BCUT2D eigenvalue weighted by Crippen LogP contribution is -2.57. The second kappa shape index (κ2) is 6.80. The van der Waals surface area contributed by atoms with Crippen molar-refractivity contribution >= 4 is 11.8 Å². The van der Waals surface area contributed by atoms with E-state index in [2.05, 4.69) is 10.2 Å². The standard InChI is InChI=1S/C18H19N3O5/c22-18(19-15-11-20-8-6-12(15)7-9-20)26-17-5-4-16(25-17)13-2-1-3-14(10-13)21(23)24/h1-5,10,12,15H,6-9,11H2,(H,19,22). The van der Waals surface area contributed by atoms with E-state index in [1.807, 2.05) is 0 Å². The van der Waals surface area contributed by atoms with Crippen LogP contribution in [0.4, 0.5) is 10.5 Å². The van der Waals surface area contributed by atoms with Crippen LogP contribution in [0.3, 0.4) is 0 Å². The number of carbonyl (C=O) groups is 1. The number of furan rings is 1. The third-order valence-electron chi connectivity index (χ3n) is 5.08. The van der Waals surface area contributed by atoms with Gasteiger partial charge in [-0.1, -0.05) is 12.1 Å². The highest BCUT2D eigenvalue weighted by Gasteiger charge is 2.35. The summed E-state index contributed by atoms with van der Waals surface area (Å²) in [5.74, 6) is 0.967. The summed E-state index contributed by atoms with van der Waals surface area (Å²) in [6.45, 7) is 3.06. The van der Waals surface area contributed by atoms with Gasteiger partial charge in [0.05, 0.1) is 4.92 Å². The number of ether oxygens (including phenoxy) is 1. The number of benzene rings is 1. The van der Waals surface area contributed by atoms with E-state index in [0.717, 1.165) is 32.5 Å². The summed E-state index contributed by atoms with van der Waals surface area (Å²) in [6, 6.07) is 9.36. The maximum atomic E-state index is 12.1. The smallest absolute Gasteiger partial charge is 0.415 e. The number of hydrogen-bond acceptors (Lipinski definition) is 6. The molecule has 2 aromatic rings. The Morgan fingerprint density at radius 2 is 2.08 bits per heavy atom. The van der Waals surface area contributed by atoms with Crippen LogP contribution in [0.5, 0.6) is 5.95 Å². The molecule has 8 nitrogen and oxygen atoms in total. The van der Waals surface area contributed by atoms with Crippen LogP contribution in [0.15, 0.2) is 40.8 Å². The van der Waals surface area contributed by atoms with Crippen molar-refractivity contribution in [2.75, 3.05) is 19.6 Å². The number of carbonyl (C=O) groups excluding carboxylic acids is 1. The molecule has 1 unspecified atom stereocenters. The second-order valence-electron chi connectivity index (χ2n) is 6.70. The molecule has 0 saturated carbocycles. The highest BCUT2D eigenvalue weighted by molar-refractivity contribution is 5.70. The van der Waals surface area contributed by atoms with Crippen molar-refractivity contribution in [3.05, 3.63) is 46.5 Å². The van der Waals surface area contributed by atoms with Crippen molar-refractivity contribution in [2.45, 2.75) is 18.9 Å². The Labute approximate surface area is 149 Å². The number of nitro benzene ring substituents is 1. The molecule has 3 saturated heterocycles. The number of nitrogens with one attached hydrogen (secondary N) is 1. The average Bonchev–Trinajstić information content (AvgIpc) is 3.11. The van der Waals surface area contributed by atoms with E-state index in [-0.39, 0.29) is 17.7 Å². The van der Waals surface area contributed by atoms with Crippen molar-refractivity contribution in [3.63, 3.8) is 0 Å². The normalized spacial score (nSPS) is 24.2. The number of piperidine rings is 3. The molecule has 3 aliphatic rings. The Morgan fingerprint density at radius 3 is 2.77 bits per heavy atom. The van der Waals surface area contributed by atoms with E-state index in [1.165, 1.54) is 18.2 Å². The van der Waals surface area contributed by atoms with Crippen molar-refractivity contribution < 1.29 is 18.9 Å². The van der Waals surface area contributed by atoms with Crippen LogP contribution in [0.25, 0.3) is 11.3 Å². The molecule has 1 aromatic heterocycles. The van der Waals surface area contributed by atoms with E-state index in [9.17, 15) is 14.9 Å². The van der Waals surface area contributed by atoms with E-state index in [1.54, 1.807) is 18.2 Å². The zero-order chi connectivity index (χ0) is 18.1. The lowest BCUT2D eigenvalue weighted by Gasteiger charge is -2.44. The molecule has 0 radical (unpaired) electrons. The first kappa shape index (κ1) is 16.6. The van der Waals surface area contributed by atoms with Crippen molar-refractivity contribution in [3.8, 4) is 17.3 Å². The molecule has 136 valence electrons. The summed E-state index contributed by atoms with van der Waals surface area (Å²) in [5.41, 5.74) is 0.522. The van der Waals surface area contributed by atoms with Gasteiger partial charge in [-0.25, -0.2) is 4.79 Å². The molecule has 5 rings (SSSR count). The van der Waals surface area contributed by atoms with Crippen molar-refractivity contribution in [2.24, 2.45) is 5.92 Å². The monoisotopic (exact) mass is 357 g/mol. The van der Waals surface area contributed by atoms with Gasteiger partial charge in [0, 0.05) is 36.3 Å². The Hall–Kier alpha value is -2.87. The van der Waals surface area contributed by atoms with Gasteiger partial charge in [-0.3, -0.25) is 10.1 Å². The maximum Gasteiger partial charge on any atom is 0.415 e. The van der Waals surface area contributed by atoms with Gasteiger partial charge >= 0.3 is 6.09 Å². The van der Waals surface area contributed by atoms with Gasteiger partial charge in [0.15, 0.2) is 0 Å². The third-order valence-corrected chi connectivity index (χ3v) is 5.08. The number of non-ortho nitro benzene ring substituents is 1. The average molecular weight is 357 g/mol. The Kier molecular flexibility index (Phi) is 4.34. The number of fused-ring (bicyclic) bond motifs is 3. The molecule has 26 heavy (non-hydrogen) atoms. The van der Waals surface area contributed by atoms with Crippen LogP contribution in [-0.4, -0.2) is 41.6 Å². The molecule has 0 spiro atoms. The first-order chi connectivity index (χ1) is 12.6. The van der Waals surface area contributed by atoms with E-state index >= 15 is 0 Å². The number of nitro groups is 1. The minimum Gasteiger partial charge on any atom is -0.425 e. The molecule has 1 amide bonds. The molecule has 1 atom stereocenters. The van der Waals surface area contributed by atoms with Crippen LogP contribution in [0, 0.1) is 16.0 Å². The maximum absolute atomic E-state index is 12.1. The largest absolute Gasteiger partial charge is 0.425 e. The molecular formula is C18H19N3O5. The van der Waals surface area contributed by atoms with Crippen LogP contribution in [0.2, 0.25) is 0 Å². The fourth-order valence-electron chi connectivity index (χ4n) is 3.70. The van der Waals surface area contributed by atoms with Gasteiger partial charge in [0.1, 0.15) is 5.76 Å². The Balaban J connectivity index is 1.39. The first-order valence-electron chi connectivity index (χ1n) is 8.64. The van der Waals surface area contributed by atoms with Gasteiger partial charge in [0.25, 0.3) is 11.6 Å². The first-order valence-corrected chi connectivity index (χ1v) is 8.64. The molecule has 3 aliphatic heterocycles. The minimum atomic E-state index is -0.538. The summed E-state index contributed by atoms with van der Waals surface area (Å²) in [4.78, 5) is 24.9. The summed E-state index contributed by atoms with van der Waals surface area (Å²) >= 11 is 0. The summed E-state index contributed by atoms with van der Waals surface area (Å²) in [7, 11) is 0. The summed E-state index contributed by atoms with van der Waals surface area (Å²) < 4.78 is 10.7. The zero-order valence-corrected chi connectivity index (χ0v) is 14.1. The zero-order valence-electron chi connectivity index (χ0n) is 14.1. The Morgan fingerprint density at radius 1 is 1.27 bits per heavy atom. The fraction of sp³-hybridized carbons (Fsp3) is 0.389. The van der Waals surface area contributed by atoms with E-state index in [0.29, 0.717) is 17.2 Å². The topological polar surface area (TPSA) is 97.9 Å². The highest BCUT2D eigenvalue weighted by atomic mass is 16.6. The Bertz CT molecular complexity index is 826. The lowest BCUT2D eigenvalue weighted by molar-refractivity contribution is -0.384. The van der Waals surface area contributed by atoms with Gasteiger partial charge in [-0.15, -0.1) is 0 Å². The number of hydrogen-bond donors (Lipinski definition) is 1. The molecule has 1 N–H and O–H groups in total. The number of amides is 1. The van der Waals surface area contributed by atoms with Crippen LogP contribution in [0.1, 0.15) is 12.8 Å². The highest BCUT2D eigenvalue weighted by Crippen LogP contribution is 2.30. The molecular weight excluding hydrogens is 338 g/mol. The van der Waals surface area contributed by atoms with Crippen molar-refractivity contribution in [1.29, 1.82) is 0 Å². The van der Waals surface area contributed by atoms with Gasteiger partial charge in [-0.2, -0.15) is 0 Å². The summed E-state index contributed by atoms with van der Waals surface area (Å²) in [6.07, 6.45) is 1.66. The van der Waals surface area contributed by atoms with Gasteiger partial charge in [-0.05, 0) is 37.9 Å². The van der Waals surface area contributed by atoms with Crippen LogP contribution >= 0.6 is 0 Å². The second-order valence-corrected chi connectivity index (χ2v) is 6.70. The van der Waals surface area contributed by atoms with Crippen molar-refractivity contribution in [1.82, 2.24) is 10.2 Å². The molecule has 4 heterocycles. The van der Waals surface area contributed by atoms with Crippen LogP contribution < -0.4 is 10.1 Å². The van der Waals surface area contributed by atoms with Crippen LogP contribution in [-0.2, 0) is 0 Å². The van der Waals surface area contributed by atoms with E-state index < -0.39 is 11.0 Å². The fourth-order valence-corrected chi connectivity index (χ4v) is 3.70. The predicted octanol–water partition coefficient (Wildman–Crippen LogP) is 3.04. The third kappa shape index (κ3) is 3.41. The molecule has 0 aliphatic carbocycles. The SMILES string of the molecule is O=C(NC1CN2CCC1CC2)Oc1ccc(-c2cccc([N+](=O)[O-])c2)o1. The van der Waals surface area contributed by atoms with Gasteiger partial charge < -0.3 is 19.4 Å². The number of nitrogens with zero attached hydrogens (tertiary/aromatic N) is 2. The number of rotatable bonds is 4. The molecule has 3 fully saturated rings. The quantitative estimate of drug-likeness (QED) is 0.667. The molecule has 2 bridgehead atoms. The summed E-state index contributed by atoms with van der Waals surface area (Å²) in [5, 5.41) is 13.8. The lowest BCUT2D eigenvalue weighted by atomic mass is 9.84. The van der Waals surface area contributed by atoms with E-state index in [4.69, 9.17) is 9.15 Å². The molecule has 1 aromatic carbocycles. The predicted molar refractivity (Wildman–Crippen MR) is 92.9 cm³/mol. The molecule has 8 heteroatoms. The minimum absolute atomic E-state index is 0.0264. The van der Waals surface area contributed by atoms with Gasteiger partial charge in [0.2, 0.25) is 0 Å².